The zero-order chi connectivity index (χ0) is 18.7. The summed E-state index contributed by atoms with van der Waals surface area (Å²) < 4.78 is 15.3. The van der Waals surface area contributed by atoms with E-state index in [9.17, 15) is 4.79 Å². The third-order valence-corrected chi connectivity index (χ3v) is 6.48. The molecule has 2 aromatic rings. The van der Waals surface area contributed by atoms with Crippen LogP contribution in [0.3, 0.4) is 0 Å². The van der Waals surface area contributed by atoms with Crippen LogP contribution in [-0.2, 0) is 11.2 Å². The smallest absolute Gasteiger partial charge is 0.234 e. The summed E-state index contributed by atoms with van der Waals surface area (Å²) in [6, 6.07) is 7.10. The number of halogens is 4. The first-order valence-corrected chi connectivity index (χ1v) is 11.3. The lowest BCUT2D eigenvalue weighted by molar-refractivity contribution is -0.119. The van der Waals surface area contributed by atoms with Crippen molar-refractivity contribution >= 4 is 96.3 Å². The predicted molar refractivity (Wildman–Crippen MR) is 131 cm³/mol. The molecule has 0 aliphatic heterocycles. The standard InChI is InChI=1S/C16H14I4N2O3/c1-24-14-11(19)5-8(6-12(14)20)25-15-9(17)2-7(3-10(15)18)4-13(21)16(22)23/h2-3,5-6,13H,4,21H2,1H3,(H2,22,23). The Kier molecular flexibility index (Phi) is 8.28. The second kappa shape index (κ2) is 9.54. The summed E-state index contributed by atoms with van der Waals surface area (Å²) in [5.41, 5.74) is 11.9. The molecular formula is C16H14I4N2O3. The van der Waals surface area contributed by atoms with E-state index in [2.05, 4.69) is 90.4 Å². The van der Waals surface area contributed by atoms with Crippen LogP contribution >= 0.6 is 90.4 Å². The van der Waals surface area contributed by atoms with E-state index in [4.69, 9.17) is 20.9 Å². The first-order valence-electron chi connectivity index (χ1n) is 6.96. The molecule has 0 aromatic heterocycles. The Morgan fingerprint density at radius 2 is 1.48 bits per heavy atom. The molecule has 0 aliphatic carbocycles. The molecule has 0 radical (unpaired) electrons. The van der Waals surface area contributed by atoms with Crippen molar-refractivity contribution in [3.63, 3.8) is 0 Å². The average Bonchev–Trinajstić information content (AvgIpc) is 2.50. The average molecular weight is 790 g/mol. The number of hydrogen-bond acceptors (Lipinski definition) is 4. The summed E-state index contributed by atoms with van der Waals surface area (Å²) in [5.74, 6) is 1.85. The summed E-state index contributed by atoms with van der Waals surface area (Å²) in [6.45, 7) is 0. The molecule has 1 amide bonds. The van der Waals surface area contributed by atoms with Gasteiger partial charge in [0.25, 0.3) is 0 Å². The van der Waals surface area contributed by atoms with E-state index in [1.54, 1.807) is 7.11 Å². The summed E-state index contributed by atoms with van der Waals surface area (Å²) in [7, 11) is 1.65. The molecule has 0 bridgehead atoms. The highest BCUT2D eigenvalue weighted by atomic mass is 127. The molecule has 4 N–H and O–H groups in total. The third-order valence-electron chi connectivity index (χ3n) is 3.27. The maximum absolute atomic E-state index is 11.2. The van der Waals surface area contributed by atoms with E-state index < -0.39 is 11.9 Å². The third kappa shape index (κ3) is 5.68. The molecule has 25 heavy (non-hydrogen) atoms. The number of carbonyl (C=O) groups is 1. The van der Waals surface area contributed by atoms with E-state index >= 15 is 0 Å². The highest BCUT2D eigenvalue weighted by Gasteiger charge is 2.16. The van der Waals surface area contributed by atoms with Crippen LogP contribution in [0.4, 0.5) is 0 Å². The van der Waals surface area contributed by atoms with E-state index in [1.807, 2.05) is 24.3 Å². The van der Waals surface area contributed by atoms with E-state index in [0.29, 0.717) is 6.42 Å². The minimum atomic E-state index is -0.692. The molecule has 5 nitrogen and oxygen atoms in total. The molecule has 134 valence electrons. The fraction of sp³-hybridized carbons (Fsp3) is 0.188. The van der Waals surface area contributed by atoms with E-state index in [1.165, 1.54) is 0 Å². The maximum atomic E-state index is 11.2. The number of primary amides is 1. The molecule has 0 heterocycles. The number of nitrogens with two attached hydrogens (primary N) is 2. The largest absolute Gasteiger partial charge is 0.495 e. The molecule has 0 fully saturated rings. The van der Waals surface area contributed by atoms with Gasteiger partial charge in [0.15, 0.2) is 5.75 Å². The number of carbonyl (C=O) groups excluding carboxylic acids is 1. The van der Waals surface area contributed by atoms with Crippen LogP contribution < -0.4 is 20.9 Å². The van der Waals surface area contributed by atoms with Crippen molar-refractivity contribution in [2.24, 2.45) is 11.5 Å². The summed E-state index contributed by atoms with van der Waals surface area (Å²) >= 11 is 8.89. The van der Waals surface area contributed by atoms with Gasteiger partial charge in [0.2, 0.25) is 5.91 Å². The van der Waals surface area contributed by atoms with E-state index in [-0.39, 0.29) is 0 Å². The van der Waals surface area contributed by atoms with Gasteiger partial charge in [-0.05, 0) is 127 Å². The molecule has 2 aromatic carbocycles. The predicted octanol–water partition coefficient (Wildman–Crippen LogP) is 4.26. The van der Waals surface area contributed by atoms with Gasteiger partial charge in [0.05, 0.1) is 27.4 Å². The van der Waals surface area contributed by atoms with E-state index in [0.717, 1.165) is 37.1 Å². The molecule has 2 rings (SSSR count). The Labute approximate surface area is 200 Å². The van der Waals surface area contributed by atoms with Crippen molar-refractivity contribution in [2.75, 3.05) is 7.11 Å². The van der Waals surface area contributed by atoms with Gasteiger partial charge in [-0.2, -0.15) is 0 Å². The zero-order valence-electron chi connectivity index (χ0n) is 13.0. The lowest BCUT2D eigenvalue weighted by Crippen LogP contribution is -2.38. The van der Waals surface area contributed by atoms with Crippen molar-refractivity contribution in [1.82, 2.24) is 0 Å². The van der Waals surface area contributed by atoms with Gasteiger partial charge in [-0.25, -0.2) is 0 Å². The Hall–Kier alpha value is 0.390. The minimum absolute atomic E-state index is 0.403. The van der Waals surface area contributed by atoms with Crippen LogP contribution in [0.1, 0.15) is 5.56 Å². The topological polar surface area (TPSA) is 87.6 Å². The second-order valence-corrected chi connectivity index (χ2v) is 9.77. The molecular weight excluding hydrogens is 776 g/mol. The Morgan fingerprint density at radius 1 is 1.00 bits per heavy atom. The molecule has 0 aliphatic rings. The van der Waals surface area contributed by atoms with Crippen LogP contribution in [0.25, 0.3) is 0 Å². The highest BCUT2D eigenvalue weighted by Crippen LogP contribution is 2.37. The van der Waals surface area contributed by atoms with Crippen molar-refractivity contribution < 1.29 is 14.3 Å². The Morgan fingerprint density at radius 3 is 1.92 bits per heavy atom. The Balaban J connectivity index is 2.30. The molecule has 9 heteroatoms. The normalized spacial score (nSPS) is 11.9. The lowest BCUT2D eigenvalue weighted by Gasteiger charge is -2.15. The van der Waals surface area contributed by atoms with Crippen LogP contribution in [0.15, 0.2) is 24.3 Å². The van der Waals surface area contributed by atoms with Gasteiger partial charge in [0, 0.05) is 0 Å². The van der Waals surface area contributed by atoms with Crippen molar-refractivity contribution in [1.29, 1.82) is 0 Å². The van der Waals surface area contributed by atoms with Crippen LogP contribution in [-0.4, -0.2) is 19.1 Å². The monoisotopic (exact) mass is 790 g/mol. The second-order valence-electron chi connectivity index (χ2n) is 5.12. The quantitative estimate of drug-likeness (QED) is 0.429. The van der Waals surface area contributed by atoms with Crippen LogP contribution in [0, 0.1) is 14.3 Å². The molecule has 1 atom stereocenters. The number of benzene rings is 2. The Bertz CT molecular complexity index is 768. The summed E-state index contributed by atoms with van der Waals surface area (Å²) in [5, 5.41) is 0. The van der Waals surface area contributed by atoms with Gasteiger partial charge in [-0.15, -0.1) is 0 Å². The zero-order valence-corrected chi connectivity index (χ0v) is 21.6. The number of methoxy groups -OCH3 is 1. The number of ether oxygens (including phenoxy) is 2. The first-order chi connectivity index (χ1) is 11.7. The SMILES string of the molecule is COc1c(I)cc(Oc2c(I)cc(CC(N)C(N)=O)cc2I)cc1I. The fourth-order valence-corrected chi connectivity index (χ4v) is 6.36. The van der Waals surface area contributed by atoms with Crippen molar-refractivity contribution in [3.8, 4) is 17.2 Å². The van der Waals surface area contributed by atoms with Gasteiger partial charge >= 0.3 is 0 Å². The molecule has 0 spiro atoms. The minimum Gasteiger partial charge on any atom is -0.495 e. The lowest BCUT2D eigenvalue weighted by atomic mass is 10.1. The van der Waals surface area contributed by atoms with Gasteiger partial charge in [0.1, 0.15) is 11.5 Å². The van der Waals surface area contributed by atoms with Crippen molar-refractivity contribution in [3.05, 3.63) is 44.1 Å². The number of rotatable bonds is 6. The molecule has 0 saturated heterocycles. The van der Waals surface area contributed by atoms with Gasteiger partial charge in [-0.1, -0.05) is 0 Å². The number of amides is 1. The van der Waals surface area contributed by atoms with Crippen LogP contribution in [0.2, 0.25) is 0 Å². The highest BCUT2D eigenvalue weighted by molar-refractivity contribution is 14.1. The van der Waals surface area contributed by atoms with Gasteiger partial charge < -0.3 is 20.9 Å². The van der Waals surface area contributed by atoms with Crippen molar-refractivity contribution in [2.45, 2.75) is 12.5 Å². The summed E-state index contributed by atoms with van der Waals surface area (Å²) in [6.07, 6.45) is 0.403. The number of hydrogen-bond donors (Lipinski definition) is 2. The maximum Gasteiger partial charge on any atom is 0.234 e. The van der Waals surface area contributed by atoms with Crippen LogP contribution in [0.5, 0.6) is 17.2 Å². The fourth-order valence-electron chi connectivity index (χ4n) is 2.09. The van der Waals surface area contributed by atoms with Gasteiger partial charge in [-0.3, -0.25) is 4.79 Å². The summed E-state index contributed by atoms with van der Waals surface area (Å²) in [4.78, 5) is 11.2. The molecule has 0 saturated carbocycles. The first kappa shape index (κ1) is 21.7. The molecule has 1 unspecified atom stereocenters.